The summed E-state index contributed by atoms with van der Waals surface area (Å²) >= 11 is 0. The van der Waals surface area contributed by atoms with Gasteiger partial charge in [-0.3, -0.25) is 5.32 Å². The molecule has 158 valence electrons. The Balaban J connectivity index is 1.55. The van der Waals surface area contributed by atoms with E-state index < -0.39 is 6.09 Å². The molecule has 0 aliphatic heterocycles. The predicted octanol–water partition coefficient (Wildman–Crippen LogP) is 5.01. The highest BCUT2D eigenvalue weighted by molar-refractivity contribution is 6.01. The first kappa shape index (κ1) is 19.0. The first-order valence-electron chi connectivity index (χ1n) is 10.2. The highest BCUT2D eigenvalue weighted by Gasteiger charge is 2.27. The Morgan fingerprint density at radius 3 is 2.71 bits per heavy atom. The lowest BCUT2D eigenvalue weighted by molar-refractivity contribution is 0.209. The minimum absolute atomic E-state index is 0.364. The van der Waals surface area contributed by atoms with Gasteiger partial charge in [-0.2, -0.15) is 0 Å². The van der Waals surface area contributed by atoms with Gasteiger partial charge >= 0.3 is 6.09 Å². The van der Waals surface area contributed by atoms with Crippen LogP contribution in [0.2, 0.25) is 0 Å². The minimum atomic E-state index is -1.09. The molecule has 8 heteroatoms. The summed E-state index contributed by atoms with van der Waals surface area (Å²) in [6.45, 7) is 0.364. The lowest BCUT2D eigenvalue weighted by Gasteiger charge is -2.30. The Morgan fingerprint density at radius 2 is 2.06 bits per heavy atom. The quantitative estimate of drug-likeness (QED) is 0.352. The third-order valence-corrected chi connectivity index (χ3v) is 5.79. The lowest BCUT2D eigenvalue weighted by atomic mass is 9.92. The molecule has 0 radical (unpaired) electrons. The van der Waals surface area contributed by atoms with Gasteiger partial charge in [-0.25, -0.2) is 9.78 Å². The summed E-state index contributed by atoms with van der Waals surface area (Å²) in [7, 11) is 0. The fourth-order valence-electron chi connectivity index (χ4n) is 4.09. The highest BCUT2D eigenvalue weighted by atomic mass is 16.5. The zero-order chi connectivity index (χ0) is 21.4. The Bertz CT molecular complexity index is 1220. The monoisotopic (exact) mass is 417 g/mol. The zero-order valence-corrected chi connectivity index (χ0v) is 16.8. The number of nitrogens with two attached hydrogens (primary N) is 1. The van der Waals surface area contributed by atoms with Gasteiger partial charge in [0.2, 0.25) is 0 Å². The molecule has 5 rings (SSSR count). The largest absolute Gasteiger partial charge is 0.486 e. The van der Waals surface area contributed by atoms with Crippen LogP contribution in [0, 0.1) is 0 Å². The first-order valence-corrected chi connectivity index (χ1v) is 10.2. The second-order valence-corrected chi connectivity index (χ2v) is 7.73. The molecule has 1 fully saturated rings. The fraction of sp³-hybridized carbons (Fsp3) is 0.217. The van der Waals surface area contributed by atoms with Crippen molar-refractivity contribution >= 4 is 28.4 Å². The molecule has 0 bridgehead atoms. The number of nitrogens with zero attached hydrogens (tertiary/aromatic N) is 2. The molecule has 5 N–H and O–H groups in total. The molecule has 1 aliphatic rings. The number of ether oxygens (including phenoxy) is 1. The van der Waals surface area contributed by atoms with E-state index in [1.165, 1.54) is 6.42 Å². The number of anilines is 2. The third kappa shape index (κ3) is 3.56. The van der Waals surface area contributed by atoms with E-state index in [-0.39, 0.29) is 0 Å². The highest BCUT2D eigenvalue weighted by Crippen LogP contribution is 2.44. The molecular formula is C23H23N5O3. The van der Waals surface area contributed by atoms with Crippen LogP contribution < -0.4 is 15.8 Å². The van der Waals surface area contributed by atoms with E-state index in [0.717, 1.165) is 52.3 Å². The van der Waals surface area contributed by atoms with Crippen molar-refractivity contribution < 1.29 is 14.6 Å². The molecule has 0 atom stereocenters. The second kappa shape index (κ2) is 7.71. The number of carbonyl (C=O) groups is 1. The second-order valence-electron chi connectivity index (χ2n) is 7.73. The summed E-state index contributed by atoms with van der Waals surface area (Å²) in [6.07, 6.45) is 5.79. The van der Waals surface area contributed by atoms with Crippen LogP contribution in [-0.4, -0.2) is 25.7 Å². The Morgan fingerprint density at radius 1 is 1.26 bits per heavy atom. The SMILES string of the molecule is Nc1c(-c2ccc(NC(=O)O)cc2)n(C2CCC2)c2cc(OCc3ncc[nH]3)ccc12. The number of H-pyrrole nitrogens is 1. The summed E-state index contributed by atoms with van der Waals surface area (Å²) < 4.78 is 8.25. The molecule has 8 nitrogen and oxygen atoms in total. The number of fused-ring (bicyclic) bond motifs is 1. The number of nitrogen functional groups attached to an aromatic ring is 1. The topological polar surface area (TPSA) is 118 Å². The molecule has 1 amide bonds. The van der Waals surface area contributed by atoms with Crippen molar-refractivity contribution in [3.8, 4) is 17.0 Å². The van der Waals surface area contributed by atoms with Crippen molar-refractivity contribution in [2.75, 3.05) is 11.1 Å². The van der Waals surface area contributed by atoms with Crippen molar-refractivity contribution in [1.29, 1.82) is 0 Å². The van der Waals surface area contributed by atoms with Gasteiger partial charge in [-0.05, 0) is 43.5 Å². The summed E-state index contributed by atoms with van der Waals surface area (Å²) in [6, 6.07) is 13.7. The van der Waals surface area contributed by atoms with Gasteiger partial charge in [-0.1, -0.05) is 12.1 Å². The van der Waals surface area contributed by atoms with Gasteiger partial charge in [0.25, 0.3) is 0 Å². The molecule has 1 saturated carbocycles. The number of aromatic amines is 1. The van der Waals surface area contributed by atoms with Crippen molar-refractivity contribution in [2.45, 2.75) is 31.9 Å². The molecule has 2 aromatic heterocycles. The molecule has 2 heterocycles. The van der Waals surface area contributed by atoms with Crippen LogP contribution in [0.25, 0.3) is 22.2 Å². The predicted molar refractivity (Wildman–Crippen MR) is 119 cm³/mol. The number of imidazole rings is 1. The Labute approximate surface area is 178 Å². The van der Waals surface area contributed by atoms with Gasteiger partial charge in [0, 0.05) is 41.1 Å². The average Bonchev–Trinajstić information content (AvgIpc) is 3.33. The van der Waals surface area contributed by atoms with Crippen molar-refractivity contribution in [2.24, 2.45) is 0 Å². The molecular weight excluding hydrogens is 394 g/mol. The van der Waals surface area contributed by atoms with Gasteiger partial charge in [0.15, 0.2) is 0 Å². The molecule has 4 aromatic rings. The molecule has 2 aromatic carbocycles. The van der Waals surface area contributed by atoms with E-state index in [1.807, 2.05) is 30.3 Å². The Hall–Kier alpha value is -3.94. The van der Waals surface area contributed by atoms with Gasteiger partial charge < -0.3 is 25.1 Å². The Kier molecular flexibility index (Phi) is 4.74. The number of hydrogen-bond donors (Lipinski definition) is 4. The van der Waals surface area contributed by atoms with Crippen LogP contribution in [0.15, 0.2) is 54.9 Å². The van der Waals surface area contributed by atoms with E-state index in [4.69, 9.17) is 15.6 Å². The molecule has 1 aliphatic carbocycles. The fourth-order valence-corrected chi connectivity index (χ4v) is 4.09. The summed E-state index contributed by atoms with van der Waals surface area (Å²) in [5.41, 5.74) is 10.8. The van der Waals surface area contributed by atoms with Crippen molar-refractivity contribution in [3.05, 3.63) is 60.7 Å². The molecule has 0 spiro atoms. The third-order valence-electron chi connectivity index (χ3n) is 5.79. The zero-order valence-electron chi connectivity index (χ0n) is 16.8. The van der Waals surface area contributed by atoms with E-state index in [2.05, 4.69) is 19.9 Å². The smallest absolute Gasteiger partial charge is 0.409 e. The molecule has 31 heavy (non-hydrogen) atoms. The summed E-state index contributed by atoms with van der Waals surface area (Å²) in [4.78, 5) is 18.1. The number of amides is 1. The van der Waals surface area contributed by atoms with Crippen molar-refractivity contribution in [3.63, 3.8) is 0 Å². The van der Waals surface area contributed by atoms with Crippen LogP contribution in [0.3, 0.4) is 0 Å². The van der Waals surface area contributed by atoms with Gasteiger partial charge in [0.1, 0.15) is 18.2 Å². The van der Waals surface area contributed by atoms with Crippen LogP contribution in [0.1, 0.15) is 31.1 Å². The van der Waals surface area contributed by atoms with Crippen LogP contribution in [-0.2, 0) is 6.61 Å². The van der Waals surface area contributed by atoms with Crippen LogP contribution in [0.4, 0.5) is 16.2 Å². The van der Waals surface area contributed by atoms with Crippen molar-refractivity contribution in [1.82, 2.24) is 14.5 Å². The summed E-state index contributed by atoms with van der Waals surface area (Å²) in [5.74, 6) is 1.53. The average molecular weight is 417 g/mol. The van der Waals surface area contributed by atoms with E-state index in [1.54, 1.807) is 24.5 Å². The van der Waals surface area contributed by atoms with E-state index >= 15 is 0 Å². The van der Waals surface area contributed by atoms with Gasteiger partial charge in [-0.15, -0.1) is 0 Å². The van der Waals surface area contributed by atoms with Crippen LogP contribution >= 0.6 is 0 Å². The summed E-state index contributed by atoms with van der Waals surface area (Å²) in [5, 5.41) is 12.3. The maximum Gasteiger partial charge on any atom is 0.409 e. The minimum Gasteiger partial charge on any atom is -0.486 e. The number of hydrogen-bond acceptors (Lipinski definition) is 4. The lowest BCUT2D eigenvalue weighted by Crippen LogP contribution is -2.18. The van der Waals surface area contributed by atoms with Gasteiger partial charge in [0.05, 0.1) is 16.9 Å². The first-order chi connectivity index (χ1) is 15.1. The standard InChI is InChI=1S/C23H23N5O3/c24-21-18-9-8-17(31-13-20-25-10-11-26-20)12-19(18)28(16-2-1-3-16)22(21)14-4-6-15(7-5-14)27-23(29)30/h4-12,16,27H,1-3,13,24H2,(H,25,26)(H,29,30). The number of rotatable bonds is 6. The van der Waals surface area contributed by atoms with Crippen LogP contribution in [0.5, 0.6) is 5.75 Å². The number of aromatic nitrogens is 3. The van der Waals surface area contributed by atoms with E-state index in [0.29, 0.717) is 18.3 Å². The number of nitrogens with one attached hydrogen (secondary N) is 2. The number of benzene rings is 2. The van der Waals surface area contributed by atoms with E-state index in [9.17, 15) is 4.79 Å². The normalized spacial score (nSPS) is 13.8. The maximum absolute atomic E-state index is 10.9. The maximum atomic E-state index is 10.9. The number of carboxylic acid groups (broad SMARTS) is 1. The molecule has 0 saturated heterocycles. The molecule has 0 unspecified atom stereocenters.